The molecule has 1 atom stereocenters. The van der Waals surface area contributed by atoms with E-state index in [9.17, 15) is 18.0 Å². The Hall–Kier alpha value is -2.58. The quantitative estimate of drug-likeness (QED) is 0.606. The van der Waals surface area contributed by atoms with Gasteiger partial charge < -0.3 is 10.2 Å². The number of sulfonamides is 1. The van der Waals surface area contributed by atoms with Crippen LogP contribution in [0.1, 0.15) is 38.8 Å². The van der Waals surface area contributed by atoms with Crippen LogP contribution in [0.3, 0.4) is 0 Å². The Morgan fingerprint density at radius 3 is 2.06 bits per heavy atom. The van der Waals surface area contributed by atoms with E-state index in [1.165, 1.54) is 17.0 Å². The maximum atomic E-state index is 13.4. The Balaban J connectivity index is 2.38. The lowest BCUT2D eigenvalue weighted by molar-refractivity contribution is -0.140. The first kappa shape index (κ1) is 26.7. The second kappa shape index (κ2) is 10.6. The zero-order valence-corrected chi connectivity index (χ0v) is 21.5. The lowest BCUT2D eigenvalue weighted by Crippen LogP contribution is -2.54. The van der Waals surface area contributed by atoms with Crippen molar-refractivity contribution < 1.29 is 18.0 Å². The minimum Gasteiger partial charge on any atom is -0.350 e. The van der Waals surface area contributed by atoms with Crippen LogP contribution in [0.15, 0.2) is 48.5 Å². The van der Waals surface area contributed by atoms with Crippen molar-refractivity contribution in [3.63, 3.8) is 0 Å². The highest BCUT2D eigenvalue weighted by molar-refractivity contribution is 7.92. The molecule has 0 aliphatic carbocycles. The van der Waals surface area contributed by atoms with Gasteiger partial charge in [-0.2, -0.15) is 0 Å². The summed E-state index contributed by atoms with van der Waals surface area (Å²) in [4.78, 5) is 27.7. The average molecular weight is 494 g/mol. The molecule has 0 heterocycles. The lowest BCUT2D eigenvalue weighted by atomic mass is 10.1. The number of nitrogens with zero attached hydrogens (tertiary/aromatic N) is 2. The van der Waals surface area contributed by atoms with Crippen LogP contribution in [0.5, 0.6) is 0 Å². The summed E-state index contributed by atoms with van der Waals surface area (Å²) in [6, 6.07) is 13.0. The van der Waals surface area contributed by atoms with E-state index in [0.29, 0.717) is 10.7 Å². The van der Waals surface area contributed by atoms with Gasteiger partial charge in [0, 0.05) is 17.1 Å². The molecule has 0 aliphatic heterocycles. The zero-order valence-electron chi connectivity index (χ0n) is 19.9. The molecular formula is C24H32ClN3O4S. The Morgan fingerprint density at radius 2 is 1.58 bits per heavy atom. The molecule has 7 nitrogen and oxygen atoms in total. The largest absolute Gasteiger partial charge is 0.350 e. The van der Waals surface area contributed by atoms with Gasteiger partial charge >= 0.3 is 0 Å². The van der Waals surface area contributed by atoms with E-state index in [1.54, 1.807) is 19.1 Å². The van der Waals surface area contributed by atoms with Gasteiger partial charge in [0.1, 0.15) is 12.6 Å². The average Bonchev–Trinajstić information content (AvgIpc) is 2.69. The molecule has 2 rings (SSSR count). The van der Waals surface area contributed by atoms with E-state index in [4.69, 9.17) is 11.6 Å². The van der Waals surface area contributed by atoms with Gasteiger partial charge in [-0.15, -0.1) is 0 Å². The molecule has 0 aliphatic rings. The highest BCUT2D eigenvalue weighted by Gasteiger charge is 2.31. The van der Waals surface area contributed by atoms with Crippen LogP contribution in [-0.2, 0) is 26.2 Å². The molecule has 0 saturated carbocycles. The topological polar surface area (TPSA) is 86.8 Å². The van der Waals surface area contributed by atoms with Crippen molar-refractivity contribution >= 4 is 39.1 Å². The maximum Gasteiger partial charge on any atom is 0.244 e. The summed E-state index contributed by atoms with van der Waals surface area (Å²) in [5, 5.41) is 3.34. The van der Waals surface area contributed by atoms with Crippen LogP contribution in [0.4, 0.5) is 5.69 Å². The van der Waals surface area contributed by atoms with E-state index >= 15 is 0 Å². The number of amides is 2. The van der Waals surface area contributed by atoms with Gasteiger partial charge in [-0.1, -0.05) is 41.4 Å². The second-order valence-corrected chi connectivity index (χ2v) is 11.5. The number of carbonyl (C=O) groups excluding carboxylic acids is 2. The number of hydrogen-bond acceptors (Lipinski definition) is 4. The van der Waals surface area contributed by atoms with Crippen LogP contribution >= 0.6 is 11.6 Å². The van der Waals surface area contributed by atoms with Gasteiger partial charge in [-0.3, -0.25) is 13.9 Å². The molecule has 0 spiro atoms. The molecule has 1 N–H and O–H groups in total. The number of nitrogens with one attached hydrogen (secondary N) is 1. The van der Waals surface area contributed by atoms with Crippen LogP contribution in [0, 0.1) is 6.92 Å². The first-order valence-electron chi connectivity index (χ1n) is 10.6. The fourth-order valence-corrected chi connectivity index (χ4v) is 4.14. The minimum absolute atomic E-state index is 0.163. The number of benzene rings is 2. The van der Waals surface area contributed by atoms with E-state index < -0.39 is 34.1 Å². The Labute approximate surface area is 201 Å². The molecule has 2 amide bonds. The third-order valence-electron chi connectivity index (χ3n) is 4.93. The normalized spacial score (nSPS) is 12.7. The number of halogens is 1. The summed E-state index contributed by atoms with van der Waals surface area (Å²) in [6.45, 7) is 8.89. The van der Waals surface area contributed by atoms with Crippen LogP contribution < -0.4 is 9.62 Å². The smallest absolute Gasteiger partial charge is 0.244 e. The number of carbonyl (C=O) groups is 2. The van der Waals surface area contributed by atoms with Crippen LogP contribution in [-0.4, -0.2) is 49.5 Å². The van der Waals surface area contributed by atoms with Crippen LogP contribution in [0.25, 0.3) is 0 Å². The van der Waals surface area contributed by atoms with Crippen molar-refractivity contribution in [2.24, 2.45) is 0 Å². The van der Waals surface area contributed by atoms with E-state index in [1.807, 2.05) is 52.0 Å². The number of rotatable bonds is 8. The zero-order chi connectivity index (χ0) is 25.0. The van der Waals surface area contributed by atoms with Gasteiger partial charge in [-0.25, -0.2) is 8.42 Å². The molecule has 33 heavy (non-hydrogen) atoms. The number of hydrogen-bond donors (Lipinski definition) is 1. The molecule has 2 aromatic rings. The predicted molar refractivity (Wildman–Crippen MR) is 133 cm³/mol. The van der Waals surface area contributed by atoms with Crippen molar-refractivity contribution in [3.8, 4) is 0 Å². The number of anilines is 1. The Kier molecular flexibility index (Phi) is 8.54. The molecule has 0 aromatic heterocycles. The van der Waals surface area contributed by atoms with Gasteiger partial charge in [0.05, 0.1) is 11.9 Å². The fraction of sp³-hybridized carbons (Fsp3) is 0.417. The summed E-state index contributed by atoms with van der Waals surface area (Å²) in [7, 11) is -3.77. The SMILES string of the molecule is Cc1ccc(CN(C(=O)CN(c2ccc(Cl)cc2)S(C)(=O)=O)[C@@H](C)C(=O)NC(C)(C)C)cc1. The highest BCUT2D eigenvalue weighted by Crippen LogP contribution is 2.21. The van der Waals surface area contributed by atoms with Crippen molar-refractivity contribution in [1.82, 2.24) is 10.2 Å². The van der Waals surface area contributed by atoms with Gasteiger partial charge in [-0.05, 0) is 64.4 Å². The maximum absolute atomic E-state index is 13.4. The molecule has 180 valence electrons. The second-order valence-electron chi connectivity index (χ2n) is 9.17. The summed E-state index contributed by atoms with van der Waals surface area (Å²) in [6.07, 6.45) is 1.04. The molecule has 0 bridgehead atoms. The molecule has 0 unspecified atom stereocenters. The van der Waals surface area contributed by atoms with Crippen LogP contribution in [0.2, 0.25) is 5.02 Å². The predicted octanol–water partition coefficient (Wildman–Crippen LogP) is 3.75. The molecular weight excluding hydrogens is 462 g/mol. The third-order valence-corrected chi connectivity index (χ3v) is 6.33. The standard InChI is InChI=1S/C24H32ClN3O4S/c1-17-7-9-19(10-8-17)15-27(18(2)23(30)26-24(3,4)5)22(29)16-28(33(6,31)32)21-13-11-20(25)12-14-21/h7-14,18H,15-16H2,1-6H3,(H,26,30)/t18-/m0/s1. The molecule has 0 saturated heterocycles. The summed E-state index contributed by atoms with van der Waals surface area (Å²) < 4.78 is 26.0. The minimum atomic E-state index is -3.77. The summed E-state index contributed by atoms with van der Waals surface area (Å²) >= 11 is 5.93. The van der Waals surface area contributed by atoms with Gasteiger partial charge in [0.25, 0.3) is 0 Å². The molecule has 2 aromatic carbocycles. The fourth-order valence-electron chi connectivity index (χ4n) is 3.17. The van der Waals surface area contributed by atoms with Crippen molar-refractivity contribution in [1.29, 1.82) is 0 Å². The first-order valence-corrected chi connectivity index (χ1v) is 12.8. The third kappa shape index (κ3) is 8.05. The molecule has 0 fully saturated rings. The lowest BCUT2D eigenvalue weighted by Gasteiger charge is -2.33. The molecule has 9 heteroatoms. The van der Waals surface area contributed by atoms with E-state index in [0.717, 1.165) is 21.7 Å². The highest BCUT2D eigenvalue weighted by atomic mass is 35.5. The first-order chi connectivity index (χ1) is 15.2. The number of aryl methyl sites for hydroxylation is 1. The van der Waals surface area contributed by atoms with Gasteiger partial charge in [0.2, 0.25) is 21.8 Å². The van der Waals surface area contributed by atoms with E-state index in [-0.39, 0.29) is 12.5 Å². The van der Waals surface area contributed by atoms with Crippen molar-refractivity contribution in [2.75, 3.05) is 17.1 Å². The summed E-state index contributed by atoms with van der Waals surface area (Å²) in [5.41, 5.74) is 1.74. The van der Waals surface area contributed by atoms with Crippen molar-refractivity contribution in [3.05, 3.63) is 64.7 Å². The van der Waals surface area contributed by atoms with Gasteiger partial charge in [0.15, 0.2) is 0 Å². The molecule has 0 radical (unpaired) electrons. The van der Waals surface area contributed by atoms with E-state index in [2.05, 4.69) is 5.32 Å². The van der Waals surface area contributed by atoms with Crippen molar-refractivity contribution in [2.45, 2.75) is 52.7 Å². The summed E-state index contributed by atoms with van der Waals surface area (Å²) in [5.74, 6) is -0.812. The monoisotopic (exact) mass is 493 g/mol. The Bertz CT molecular complexity index is 1080. The Morgan fingerprint density at radius 1 is 1.03 bits per heavy atom.